The zero-order valence-electron chi connectivity index (χ0n) is 10.6. The number of hydrogen-bond acceptors (Lipinski definition) is 4. The summed E-state index contributed by atoms with van der Waals surface area (Å²) < 4.78 is 15.5. The third-order valence-corrected chi connectivity index (χ3v) is 2.16. The normalized spacial score (nSPS) is 10.9. The van der Waals surface area contributed by atoms with E-state index in [9.17, 15) is 4.79 Å². The van der Waals surface area contributed by atoms with Crippen LogP contribution in [0.15, 0.2) is 24.3 Å². The number of carbonyl (C=O) groups excluding carboxylic acids is 1. The smallest absolute Gasteiger partial charge is 0.222 e. The molecule has 17 heavy (non-hydrogen) atoms. The Morgan fingerprint density at radius 1 is 1.12 bits per heavy atom. The van der Waals surface area contributed by atoms with Crippen molar-refractivity contribution in [3.8, 4) is 5.75 Å². The van der Waals surface area contributed by atoms with Crippen LogP contribution in [0.4, 0.5) is 0 Å². The van der Waals surface area contributed by atoms with Gasteiger partial charge in [-0.05, 0) is 26.0 Å². The molecule has 0 bridgehead atoms. The molecule has 0 aromatic heterocycles. The number of methoxy groups -OCH3 is 2. The maximum Gasteiger partial charge on any atom is 0.222 e. The molecule has 0 N–H and O–H groups in total. The third-order valence-electron chi connectivity index (χ3n) is 2.16. The zero-order chi connectivity index (χ0) is 12.8. The number of benzene rings is 1. The predicted molar refractivity (Wildman–Crippen MR) is 64.3 cm³/mol. The maximum absolute atomic E-state index is 12.1. The van der Waals surface area contributed by atoms with E-state index in [-0.39, 0.29) is 11.9 Å². The van der Waals surface area contributed by atoms with E-state index in [0.29, 0.717) is 11.3 Å². The molecule has 0 aliphatic carbocycles. The van der Waals surface area contributed by atoms with Crippen LogP contribution in [-0.2, 0) is 9.47 Å². The lowest BCUT2D eigenvalue weighted by atomic mass is 10.1. The number of para-hydroxylation sites is 1. The first kappa shape index (κ1) is 13.7. The lowest BCUT2D eigenvalue weighted by Gasteiger charge is -2.16. The van der Waals surface area contributed by atoms with E-state index in [1.165, 1.54) is 14.2 Å². The van der Waals surface area contributed by atoms with Crippen LogP contribution in [0.3, 0.4) is 0 Å². The highest BCUT2D eigenvalue weighted by atomic mass is 16.7. The highest BCUT2D eigenvalue weighted by Gasteiger charge is 2.22. The highest BCUT2D eigenvalue weighted by Crippen LogP contribution is 2.21. The van der Waals surface area contributed by atoms with Crippen molar-refractivity contribution in [2.24, 2.45) is 0 Å². The van der Waals surface area contributed by atoms with Crippen LogP contribution in [-0.4, -0.2) is 32.4 Å². The average molecular weight is 238 g/mol. The summed E-state index contributed by atoms with van der Waals surface area (Å²) in [5.74, 6) is 0.304. The molecule has 0 saturated carbocycles. The fourth-order valence-electron chi connectivity index (χ4n) is 1.46. The Balaban J connectivity index is 2.99. The van der Waals surface area contributed by atoms with Crippen LogP contribution in [0.1, 0.15) is 24.2 Å². The molecule has 1 rings (SSSR count). The van der Waals surface area contributed by atoms with Crippen molar-refractivity contribution >= 4 is 5.78 Å². The van der Waals surface area contributed by atoms with Crippen LogP contribution in [0.5, 0.6) is 5.75 Å². The standard InChI is InChI=1S/C13H18O4/c1-9(2)17-11-8-6-5-7-10(11)12(14)13(15-3)16-4/h5-9,13H,1-4H3. The van der Waals surface area contributed by atoms with E-state index in [1.807, 2.05) is 19.9 Å². The van der Waals surface area contributed by atoms with Crippen LogP contribution in [0.25, 0.3) is 0 Å². The van der Waals surface area contributed by atoms with Crippen molar-refractivity contribution < 1.29 is 19.0 Å². The molecule has 0 radical (unpaired) electrons. The molecule has 0 aliphatic rings. The van der Waals surface area contributed by atoms with E-state index in [1.54, 1.807) is 18.2 Å². The minimum Gasteiger partial charge on any atom is -0.490 e. The number of rotatable bonds is 6. The first-order valence-electron chi connectivity index (χ1n) is 5.45. The van der Waals surface area contributed by atoms with Gasteiger partial charge in [0.15, 0.2) is 0 Å². The lowest BCUT2D eigenvalue weighted by molar-refractivity contribution is -0.0743. The van der Waals surface area contributed by atoms with Crippen LogP contribution in [0, 0.1) is 0 Å². The molecule has 0 amide bonds. The van der Waals surface area contributed by atoms with Gasteiger partial charge in [0.05, 0.1) is 11.7 Å². The largest absolute Gasteiger partial charge is 0.490 e. The Morgan fingerprint density at radius 2 is 1.71 bits per heavy atom. The van der Waals surface area contributed by atoms with Crippen molar-refractivity contribution in [1.29, 1.82) is 0 Å². The van der Waals surface area contributed by atoms with Crippen LogP contribution >= 0.6 is 0 Å². The first-order chi connectivity index (χ1) is 8.10. The molecule has 0 atom stereocenters. The summed E-state index contributed by atoms with van der Waals surface area (Å²) >= 11 is 0. The lowest BCUT2D eigenvalue weighted by Crippen LogP contribution is -2.25. The van der Waals surface area contributed by atoms with E-state index in [4.69, 9.17) is 14.2 Å². The number of Topliss-reactive ketones (excluding diaryl/α,β-unsaturated/α-hetero) is 1. The monoisotopic (exact) mass is 238 g/mol. The molecular weight excluding hydrogens is 220 g/mol. The molecule has 1 aromatic carbocycles. The van der Waals surface area contributed by atoms with E-state index >= 15 is 0 Å². The second-order valence-corrected chi connectivity index (χ2v) is 3.83. The summed E-state index contributed by atoms with van der Waals surface area (Å²) in [6.45, 7) is 3.82. The average Bonchev–Trinajstić information content (AvgIpc) is 2.30. The summed E-state index contributed by atoms with van der Waals surface area (Å²) in [6.07, 6.45) is -0.889. The Hall–Kier alpha value is -1.39. The van der Waals surface area contributed by atoms with Gasteiger partial charge in [-0.3, -0.25) is 4.79 Å². The molecule has 0 heterocycles. The summed E-state index contributed by atoms with van der Waals surface area (Å²) in [4.78, 5) is 12.1. The molecule has 0 fully saturated rings. The third kappa shape index (κ3) is 3.54. The number of ketones is 1. The second-order valence-electron chi connectivity index (χ2n) is 3.83. The van der Waals surface area contributed by atoms with Gasteiger partial charge in [0.25, 0.3) is 0 Å². The predicted octanol–water partition coefficient (Wildman–Crippen LogP) is 2.28. The highest BCUT2D eigenvalue weighted by molar-refractivity contribution is 6.01. The van der Waals surface area contributed by atoms with Crippen LogP contribution in [0.2, 0.25) is 0 Å². The number of ether oxygens (including phenoxy) is 3. The number of carbonyl (C=O) groups is 1. The van der Waals surface area contributed by atoms with Gasteiger partial charge in [-0.2, -0.15) is 0 Å². The Bertz CT molecular complexity index is 369. The molecule has 4 heteroatoms. The van der Waals surface area contributed by atoms with Crippen molar-refractivity contribution in [2.45, 2.75) is 26.2 Å². The summed E-state index contributed by atoms with van der Waals surface area (Å²) in [5, 5.41) is 0. The fourth-order valence-corrected chi connectivity index (χ4v) is 1.46. The minimum atomic E-state index is -0.896. The Kier molecular flexibility index (Phi) is 5.12. The fraction of sp³-hybridized carbons (Fsp3) is 0.462. The van der Waals surface area contributed by atoms with Gasteiger partial charge in [-0.25, -0.2) is 0 Å². The number of hydrogen-bond donors (Lipinski definition) is 0. The van der Waals surface area contributed by atoms with Crippen molar-refractivity contribution in [1.82, 2.24) is 0 Å². The molecule has 0 saturated heterocycles. The summed E-state index contributed by atoms with van der Waals surface area (Å²) in [6, 6.07) is 7.06. The van der Waals surface area contributed by atoms with Gasteiger partial charge in [-0.15, -0.1) is 0 Å². The second kappa shape index (κ2) is 6.37. The van der Waals surface area contributed by atoms with Gasteiger partial charge in [-0.1, -0.05) is 12.1 Å². The first-order valence-corrected chi connectivity index (χ1v) is 5.45. The topological polar surface area (TPSA) is 44.8 Å². The molecule has 1 aromatic rings. The minimum absolute atomic E-state index is 0.00693. The summed E-state index contributed by atoms with van der Waals surface area (Å²) in [7, 11) is 2.86. The Morgan fingerprint density at radius 3 is 2.24 bits per heavy atom. The van der Waals surface area contributed by atoms with Crippen molar-refractivity contribution in [2.75, 3.05) is 14.2 Å². The van der Waals surface area contributed by atoms with Crippen molar-refractivity contribution in [3.05, 3.63) is 29.8 Å². The molecule has 0 aliphatic heterocycles. The molecule has 0 unspecified atom stereocenters. The summed E-state index contributed by atoms with van der Waals surface area (Å²) in [5.41, 5.74) is 0.468. The van der Waals surface area contributed by atoms with E-state index < -0.39 is 6.29 Å². The van der Waals surface area contributed by atoms with E-state index in [0.717, 1.165) is 0 Å². The van der Waals surface area contributed by atoms with Gasteiger partial charge < -0.3 is 14.2 Å². The van der Waals surface area contributed by atoms with Crippen molar-refractivity contribution in [3.63, 3.8) is 0 Å². The van der Waals surface area contributed by atoms with E-state index in [2.05, 4.69) is 0 Å². The maximum atomic E-state index is 12.1. The van der Waals surface area contributed by atoms with Gasteiger partial charge in [0, 0.05) is 14.2 Å². The van der Waals surface area contributed by atoms with Gasteiger partial charge >= 0.3 is 0 Å². The molecule has 4 nitrogen and oxygen atoms in total. The van der Waals surface area contributed by atoms with Gasteiger partial charge in [0.2, 0.25) is 12.1 Å². The van der Waals surface area contributed by atoms with Crippen LogP contribution < -0.4 is 4.74 Å². The Labute approximate surface area is 101 Å². The zero-order valence-corrected chi connectivity index (χ0v) is 10.6. The van der Waals surface area contributed by atoms with Gasteiger partial charge in [0.1, 0.15) is 5.75 Å². The molecular formula is C13H18O4. The quantitative estimate of drug-likeness (QED) is 0.563. The SMILES string of the molecule is COC(OC)C(=O)c1ccccc1OC(C)C. The molecule has 94 valence electrons. The molecule has 0 spiro atoms.